The maximum absolute atomic E-state index is 11.9. The first-order valence-corrected chi connectivity index (χ1v) is 5.89. The van der Waals surface area contributed by atoms with Gasteiger partial charge in [0.2, 0.25) is 5.91 Å². The topological polar surface area (TPSA) is 58.6 Å². The molecule has 1 aliphatic heterocycles. The first-order valence-electron chi connectivity index (χ1n) is 5.89. The van der Waals surface area contributed by atoms with Crippen molar-refractivity contribution in [3.63, 3.8) is 0 Å². The maximum Gasteiger partial charge on any atom is 0.242 e. The zero-order chi connectivity index (χ0) is 12.8. The van der Waals surface area contributed by atoms with Crippen LogP contribution in [-0.2, 0) is 14.3 Å². The van der Waals surface area contributed by atoms with Gasteiger partial charge in [-0.05, 0) is 19.4 Å². The Bertz CT molecular complexity index is 315. The second kappa shape index (κ2) is 6.27. The third-order valence-corrected chi connectivity index (χ3v) is 2.98. The highest BCUT2D eigenvalue weighted by Crippen LogP contribution is 2.19. The lowest BCUT2D eigenvalue weighted by atomic mass is 10.1. The van der Waals surface area contributed by atoms with Crippen LogP contribution in [0.3, 0.4) is 0 Å². The van der Waals surface area contributed by atoms with Gasteiger partial charge in [-0.3, -0.25) is 9.59 Å². The summed E-state index contributed by atoms with van der Waals surface area (Å²) in [5.74, 6) is 0.421. The van der Waals surface area contributed by atoms with Gasteiger partial charge in [-0.15, -0.1) is 0 Å². The number of likely N-dealkylation sites (tertiary alicyclic amines) is 1. The molecule has 0 radical (unpaired) electrons. The van der Waals surface area contributed by atoms with Crippen LogP contribution < -0.4 is 5.32 Å². The van der Waals surface area contributed by atoms with Crippen molar-refractivity contribution in [2.75, 3.05) is 20.2 Å². The van der Waals surface area contributed by atoms with E-state index in [9.17, 15) is 9.59 Å². The third kappa shape index (κ3) is 3.47. The molecule has 1 rings (SSSR count). The highest BCUT2D eigenvalue weighted by atomic mass is 16.5. The van der Waals surface area contributed by atoms with E-state index in [-0.39, 0.29) is 24.3 Å². The summed E-state index contributed by atoms with van der Waals surface area (Å²) >= 11 is 0. The van der Waals surface area contributed by atoms with Crippen LogP contribution in [0.15, 0.2) is 12.5 Å². The monoisotopic (exact) mass is 240 g/mol. The van der Waals surface area contributed by atoms with Crippen LogP contribution in [0, 0.1) is 0 Å². The van der Waals surface area contributed by atoms with Crippen LogP contribution in [0.4, 0.5) is 0 Å². The standard InChI is InChI=1S/C12H20N2O3/c1-4-11(15)10-6-5-7-14(10)12(16)8-13-9(2)17-3/h10,13H,2,4-8H2,1,3H3/t10-/m0/s1. The maximum atomic E-state index is 11.9. The Hall–Kier alpha value is -1.52. The zero-order valence-corrected chi connectivity index (χ0v) is 10.5. The highest BCUT2D eigenvalue weighted by molar-refractivity contribution is 5.90. The summed E-state index contributed by atoms with van der Waals surface area (Å²) in [4.78, 5) is 25.2. The summed E-state index contributed by atoms with van der Waals surface area (Å²) in [6.07, 6.45) is 2.16. The first-order chi connectivity index (χ1) is 8.10. The number of carbonyl (C=O) groups is 2. The van der Waals surface area contributed by atoms with Crippen molar-refractivity contribution >= 4 is 11.7 Å². The number of ether oxygens (including phenoxy) is 1. The van der Waals surface area contributed by atoms with E-state index in [2.05, 4.69) is 11.9 Å². The van der Waals surface area contributed by atoms with E-state index in [1.54, 1.807) is 4.90 Å². The van der Waals surface area contributed by atoms with Crippen molar-refractivity contribution in [1.29, 1.82) is 0 Å². The molecule has 0 aromatic heterocycles. The molecule has 0 unspecified atom stereocenters. The van der Waals surface area contributed by atoms with Crippen molar-refractivity contribution in [3.05, 3.63) is 12.5 Å². The number of nitrogens with zero attached hydrogens (tertiary/aromatic N) is 1. The molecule has 1 saturated heterocycles. The van der Waals surface area contributed by atoms with Gasteiger partial charge < -0.3 is 15.0 Å². The van der Waals surface area contributed by atoms with Gasteiger partial charge in [0.05, 0.1) is 19.7 Å². The minimum absolute atomic E-state index is 0.0764. The number of methoxy groups -OCH3 is 1. The van der Waals surface area contributed by atoms with Gasteiger partial charge in [0.1, 0.15) is 0 Å². The van der Waals surface area contributed by atoms with Gasteiger partial charge in [-0.2, -0.15) is 0 Å². The third-order valence-electron chi connectivity index (χ3n) is 2.98. The summed E-state index contributed by atoms with van der Waals surface area (Å²) in [6, 6.07) is -0.231. The Balaban J connectivity index is 2.50. The molecular formula is C12H20N2O3. The summed E-state index contributed by atoms with van der Waals surface area (Å²) in [6.45, 7) is 6.19. The predicted molar refractivity (Wildman–Crippen MR) is 64.2 cm³/mol. The Morgan fingerprint density at radius 2 is 2.24 bits per heavy atom. The van der Waals surface area contributed by atoms with Crippen LogP contribution in [-0.4, -0.2) is 42.8 Å². The smallest absolute Gasteiger partial charge is 0.242 e. The molecule has 1 N–H and O–H groups in total. The van der Waals surface area contributed by atoms with E-state index >= 15 is 0 Å². The van der Waals surface area contributed by atoms with Crippen LogP contribution in [0.1, 0.15) is 26.2 Å². The summed E-state index contributed by atoms with van der Waals surface area (Å²) in [5, 5.41) is 2.77. The highest BCUT2D eigenvalue weighted by Gasteiger charge is 2.32. The minimum Gasteiger partial charge on any atom is -0.483 e. The molecule has 0 spiro atoms. The number of hydrogen-bond acceptors (Lipinski definition) is 4. The predicted octanol–water partition coefficient (Wildman–Crippen LogP) is 0.664. The molecule has 17 heavy (non-hydrogen) atoms. The van der Waals surface area contributed by atoms with Gasteiger partial charge in [0.15, 0.2) is 11.7 Å². The first kappa shape index (κ1) is 13.5. The minimum atomic E-state index is -0.231. The number of Topliss-reactive ketones (excluding diaryl/α,β-unsaturated/α-hetero) is 1. The number of nitrogens with one attached hydrogen (secondary N) is 1. The van der Waals surface area contributed by atoms with E-state index in [0.717, 1.165) is 12.8 Å². The Morgan fingerprint density at radius 3 is 2.82 bits per heavy atom. The molecule has 1 fully saturated rings. The van der Waals surface area contributed by atoms with Gasteiger partial charge in [0.25, 0.3) is 0 Å². The lowest BCUT2D eigenvalue weighted by molar-refractivity contribution is -0.136. The number of rotatable bonds is 6. The number of ketones is 1. The second-order valence-electron chi connectivity index (χ2n) is 4.05. The van der Waals surface area contributed by atoms with Crippen LogP contribution in [0.25, 0.3) is 0 Å². The van der Waals surface area contributed by atoms with Crippen molar-refractivity contribution < 1.29 is 14.3 Å². The van der Waals surface area contributed by atoms with E-state index in [4.69, 9.17) is 4.74 Å². The molecule has 0 aromatic carbocycles. The zero-order valence-electron chi connectivity index (χ0n) is 10.5. The van der Waals surface area contributed by atoms with E-state index in [0.29, 0.717) is 18.8 Å². The molecule has 96 valence electrons. The normalized spacial score (nSPS) is 18.9. The molecular weight excluding hydrogens is 220 g/mol. The average Bonchev–Trinajstić information content (AvgIpc) is 2.83. The SMILES string of the molecule is C=C(NCC(=O)N1CCC[C@H]1C(=O)CC)OC. The van der Waals surface area contributed by atoms with Crippen molar-refractivity contribution in [2.24, 2.45) is 0 Å². The fourth-order valence-corrected chi connectivity index (χ4v) is 1.98. The van der Waals surface area contributed by atoms with Gasteiger partial charge in [-0.1, -0.05) is 6.92 Å². The van der Waals surface area contributed by atoms with Crippen molar-refractivity contribution in [2.45, 2.75) is 32.2 Å². The van der Waals surface area contributed by atoms with Gasteiger partial charge in [0, 0.05) is 13.0 Å². The fraction of sp³-hybridized carbons (Fsp3) is 0.667. The lowest BCUT2D eigenvalue weighted by Crippen LogP contribution is -2.44. The number of amides is 1. The summed E-state index contributed by atoms with van der Waals surface area (Å²) in [5.41, 5.74) is 0. The largest absolute Gasteiger partial charge is 0.483 e. The Labute approximate surface area is 102 Å². The Morgan fingerprint density at radius 1 is 1.53 bits per heavy atom. The van der Waals surface area contributed by atoms with Crippen molar-refractivity contribution in [1.82, 2.24) is 10.2 Å². The molecule has 0 aliphatic carbocycles. The number of hydrogen-bond donors (Lipinski definition) is 1. The molecule has 1 aliphatic rings. The Kier molecular flexibility index (Phi) is 5.00. The number of carbonyl (C=O) groups excluding carboxylic acids is 2. The summed E-state index contributed by atoms with van der Waals surface area (Å²) in [7, 11) is 1.49. The molecule has 0 aromatic rings. The van der Waals surface area contributed by atoms with Gasteiger partial charge in [-0.25, -0.2) is 0 Å². The van der Waals surface area contributed by atoms with Crippen LogP contribution in [0.2, 0.25) is 0 Å². The van der Waals surface area contributed by atoms with E-state index < -0.39 is 0 Å². The molecule has 1 atom stereocenters. The van der Waals surface area contributed by atoms with Crippen LogP contribution in [0.5, 0.6) is 0 Å². The van der Waals surface area contributed by atoms with E-state index in [1.165, 1.54) is 7.11 Å². The molecule has 5 nitrogen and oxygen atoms in total. The molecule has 1 amide bonds. The van der Waals surface area contributed by atoms with Crippen LogP contribution >= 0.6 is 0 Å². The quantitative estimate of drug-likeness (QED) is 0.693. The lowest BCUT2D eigenvalue weighted by Gasteiger charge is -2.23. The molecule has 5 heteroatoms. The molecule has 0 bridgehead atoms. The fourth-order valence-electron chi connectivity index (χ4n) is 1.98. The van der Waals surface area contributed by atoms with Crippen molar-refractivity contribution in [3.8, 4) is 0 Å². The molecule has 0 saturated carbocycles. The molecule has 1 heterocycles. The summed E-state index contributed by atoms with van der Waals surface area (Å²) < 4.78 is 4.82. The second-order valence-corrected chi connectivity index (χ2v) is 4.05. The van der Waals surface area contributed by atoms with E-state index in [1.807, 2.05) is 6.92 Å². The average molecular weight is 240 g/mol. The van der Waals surface area contributed by atoms with Gasteiger partial charge >= 0.3 is 0 Å².